The highest BCUT2D eigenvalue weighted by molar-refractivity contribution is 7.99. The molecule has 1 saturated carbocycles. The van der Waals surface area contributed by atoms with E-state index in [1.165, 1.54) is 16.7 Å². The van der Waals surface area contributed by atoms with E-state index in [1.807, 2.05) is 0 Å². The fraction of sp³-hybridized carbons (Fsp3) is 0.650. The van der Waals surface area contributed by atoms with Crippen molar-refractivity contribution in [1.82, 2.24) is 25.0 Å². The Morgan fingerprint density at radius 1 is 1.25 bits per heavy atom. The van der Waals surface area contributed by atoms with Crippen molar-refractivity contribution in [3.05, 3.63) is 18.5 Å². The summed E-state index contributed by atoms with van der Waals surface area (Å²) in [4.78, 5) is 39.3. The lowest BCUT2D eigenvalue weighted by Crippen LogP contribution is -2.69. The Bertz CT molecular complexity index is 1040. The first-order valence-corrected chi connectivity index (χ1v) is 13.6. The first-order chi connectivity index (χ1) is 15.3. The summed E-state index contributed by atoms with van der Waals surface area (Å²) in [5.74, 6) is -0.621. The number of imide groups is 1. The number of carbonyl (C=O) groups is 3. The van der Waals surface area contributed by atoms with E-state index in [4.69, 9.17) is 0 Å². The fourth-order valence-corrected chi connectivity index (χ4v) is 7.44. The Hall–Kier alpha value is -2.21. The van der Waals surface area contributed by atoms with E-state index in [-0.39, 0.29) is 41.5 Å². The minimum Gasteiger partial charge on any atom is -0.318 e. The maximum atomic E-state index is 13.2. The van der Waals surface area contributed by atoms with E-state index < -0.39 is 21.3 Å². The molecule has 32 heavy (non-hydrogen) atoms. The van der Waals surface area contributed by atoms with Crippen LogP contribution in [-0.2, 0) is 30.8 Å². The van der Waals surface area contributed by atoms with Crippen molar-refractivity contribution in [2.45, 2.75) is 61.7 Å². The predicted molar refractivity (Wildman–Crippen MR) is 118 cm³/mol. The SMILES string of the molecule is C=CCn1c(SCC(=O)N2CC(=O)NC(=O)C23CCCCC3)nnc1C1CCS(=O)(=O)C1. The van der Waals surface area contributed by atoms with Crippen LogP contribution in [0.25, 0.3) is 0 Å². The van der Waals surface area contributed by atoms with Crippen LogP contribution in [0.5, 0.6) is 0 Å². The van der Waals surface area contributed by atoms with Gasteiger partial charge in [0.2, 0.25) is 11.8 Å². The van der Waals surface area contributed by atoms with Crippen LogP contribution in [-0.4, -0.2) is 75.1 Å². The molecule has 174 valence electrons. The molecule has 3 aliphatic rings. The van der Waals surface area contributed by atoms with Gasteiger partial charge in [0, 0.05) is 12.5 Å². The van der Waals surface area contributed by atoms with E-state index in [9.17, 15) is 22.8 Å². The molecule has 1 aliphatic carbocycles. The zero-order valence-corrected chi connectivity index (χ0v) is 19.4. The number of sulfone groups is 1. The van der Waals surface area contributed by atoms with Gasteiger partial charge >= 0.3 is 0 Å². The number of nitrogens with one attached hydrogen (secondary N) is 1. The third-order valence-corrected chi connectivity index (χ3v) is 9.17. The second-order valence-corrected chi connectivity index (χ2v) is 11.7. The first kappa shape index (κ1) is 23.0. The molecule has 3 fully saturated rings. The highest BCUT2D eigenvalue weighted by Crippen LogP contribution is 2.36. The van der Waals surface area contributed by atoms with Crippen molar-refractivity contribution < 1.29 is 22.8 Å². The molecular formula is C20H27N5O5S2. The van der Waals surface area contributed by atoms with Crippen LogP contribution in [0.4, 0.5) is 0 Å². The Balaban J connectivity index is 1.51. The van der Waals surface area contributed by atoms with Gasteiger partial charge in [-0.1, -0.05) is 37.1 Å². The van der Waals surface area contributed by atoms with Gasteiger partial charge in [0.15, 0.2) is 15.0 Å². The highest BCUT2D eigenvalue weighted by atomic mass is 32.2. The summed E-state index contributed by atoms with van der Waals surface area (Å²) in [6.07, 6.45) is 5.94. The van der Waals surface area contributed by atoms with Gasteiger partial charge in [-0.2, -0.15) is 0 Å². The number of thioether (sulfide) groups is 1. The van der Waals surface area contributed by atoms with E-state index in [0.717, 1.165) is 19.3 Å². The van der Waals surface area contributed by atoms with Crippen LogP contribution in [0.3, 0.4) is 0 Å². The number of carbonyl (C=O) groups excluding carboxylic acids is 3. The molecule has 12 heteroatoms. The van der Waals surface area contributed by atoms with E-state index >= 15 is 0 Å². The molecular weight excluding hydrogens is 454 g/mol. The van der Waals surface area contributed by atoms with Crippen LogP contribution >= 0.6 is 11.8 Å². The summed E-state index contributed by atoms with van der Waals surface area (Å²) in [7, 11) is -3.08. The lowest BCUT2D eigenvalue weighted by molar-refractivity contribution is -0.158. The van der Waals surface area contributed by atoms with Gasteiger partial charge in [0.1, 0.15) is 17.9 Å². The Kier molecular flexibility index (Phi) is 6.44. The zero-order chi connectivity index (χ0) is 22.9. The smallest absolute Gasteiger partial charge is 0.252 e. The number of rotatable bonds is 6. The van der Waals surface area contributed by atoms with Crippen LogP contribution in [0.1, 0.15) is 50.3 Å². The maximum absolute atomic E-state index is 13.2. The van der Waals surface area contributed by atoms with Gasteiger partial charge in [-0.05, 0) is 19.3 Å². The molecule has 1 aromatic rings. The number of amides is 3. The molecule has 0 radical (unpaired) electrons. The molecule has 10 nitrogen and oxygen atoms in total. The summed E-state index contributed by atoms with van der Waals surface area (Å²) >= 11 is 1.18. The number of allylic oxidation sites excluding steroid dienone is 1. The molecule has 0 bridgehead atoms. The molecule has 1 atom stereocenters. The second-order valence-electron chi connectivity index (χ2n) is 8.58. The molecule has 1 unspecified atom stereocenters. The monoisotopic (exact) mass is 481 g/mol. The highest BCUT2D eigenvalue weighted by Gasteiger charge is 2.50. The molecule has 1 N–H and O–H groups in total. The normalized spacial score (nSPS) is 24.5. The average Bonchev–Trinajstić information content (AvgIpc) is 3.32. The summed E-state index contributed by atoms with van der Waals surface area (Å²) in [6, 6.07) is 0. The average molecular weight is 482 g/mol. The van der Waals surface area contributed by atoms with Crippen molar-refractivity contribution in [3.63, 3.8) is 0 Å². The summed E-state index contributed by atoms with van der Waals surface area (Å²) in [6.45, 7) is 4.02. The van der Waals surface area contributed by atoms with E-state index in [2.05, 4.69) is 22.1 Å². The number of hydrogen-bond acceptors (Lipinski definition) is 8. The Morgan fingerprint density at radius 3 is 2.66 bits per heavy atom. The van der Waals surface area contributed by atoms with E-state index in [1.54, 1.807) is 10.6 Å². The lowest BCUT2D eigenvalue weighted by Gasteiger charge is -2.47. The molecule has 4 rings (SSSR count). The molecule has 3 amide bonds. The number of hydrogen-bond donors (Lipinski definition) is 1. The molecule has 3 heterocycles. The minimum atomic E-state index is -3.08. The maximum Gasteiger partial charge on any atom is 0.252 e. The molecule has 1 spiro atoms. The summed E-state index contributed by atoms with van der Waals surface area (Å²) < 4.78 is 25.6. The molecule has 2 aliphatic heterocycles. The second kappa shape index (κ2) is 8.97. The zero-order valence-electron chi connectivity index (χ0n) is 17.8. The van der Waals surface area contributed by atoms with Gasteiger partial charge in [-0.15, -0.1) is 16.8 Å². The van der Waals surface area contributed by atoms with Crippen molar-refractivity contribution in [2.75, 3.05) is 23.8 Å². The quantitative estimate of drug-likeness (QED) is 0.356. The van der Waals surface area contributed by atoms with E-state index in [0.29, 0.717) is 36.8 Å². The van der Waals surface area contributed by atoms with Crippen molar-refractivity contribution in [1.29, 1.82) is 0 Å². The first-order valence-electron chi connectivity index (χ1n) is 10.8. The fourth-order valence-electron chi connectivity index (χ4n) is 4.87. The Morgan fingerprint density at radius 2 is 2.00 bits per heavy atom. The third-order valence-electron chi connectivity index (χ3n) is 6.46. The Labute approximate surface area is 191 Å². The van der Waals surface area contributed by atoms with Crippen molar-refractivity contribution >= 4 is 39.3 Å². The van der Waals surface area contributed by atoms with Gasteiger partial charge in [-0.3, -0.25) is 19.7 Å². The van der Waals surface area contributed by atoms with Crippen molar-refractivity contribution in [2.24, 2.45) is 0 Å². The number of piperazine rings is 1. The van der Waals surface area contributed by atoms with Crippen LogP contribution in [0, 0.1) is 0 Å². The largest absolute Gasteiger partial charge is 0.318 e. The topological polar surface area (TPSA) is 131 Å². The van der Waals surface area contributed by atoms with Crippen LogP contribution < -0.4 is 5.32 Å². The third kappa shape index (κ3) is 4.34. The van der Waals surface area contributed by atoms with Gasteiger partial charge < -0.3 is 9.47 Å². The minimum absolute atomic E-state index is 0.000547. The lowest BCUT2D eigenvalue weighted by atomic mass is 9.78. The van der Waals surface area contributed by atoms with Gasteiger partial charge in [0.05, 0.1) is 17.3 Å². The van der Waals surface area contributed by atoms with Crippen LogP contribution in [0.15, 0.2) is 17.8 Å². The van der Waals surface area contributed by atoms with Crippen molar-refractivity contribution in [3.8, 4) is 0 Å². The molecule has 0 aromatic carbocycles. The number of aromatic nitrogens is 3. The van der Waals surface area contributed by atoms with Gasteiger partial charge in [0.25, 0.3) is 5.91 Å². The summed E-state index contributed by atoms with van der Waals surface area (Å²) in [5.41, 5.74) is -0.956. The summed E-state index contributed by atoms with van der Waals surface area (Å²) in [5, 5.41) is 11.3. The standard InChI is InChI=1S/C20H27N5O5S2/c1-2-9-24-17(14-6-10-32(29,30)13-14)22-23-19(24)31-12-16(27)25-11-15(26)21-18(28)20(25)7-4-3-5-8-20/h2,14H,1,3-13H2,(H,21,26,28). The van der Waals surface area contributed by atoms with Gasteiger partial charge in [-0.25, -0.2) is 8.42 Å². The van der Waals surface area contributed by atoms with Crippen LogP contribution in [0.2, 0.25) is 0 Å². The molecule has 2 saturated heterocycles. The molecule has 1 aromatic heterocycles. The predicted octanol–water partition coefficient (Wildman–Crippen LogP) is 0.646. The number of nitrogens with zero attached hydrogens (tertiary/aromatic N) is 4.